The van der Waals surface area contributed by atoms with Crippen molar-refractivity contribution in [1.29, 1.82) is 0 Å². The number of nitrogens with one attached hydrogen (secondary N) is 2. The van der Waals surface area contributed by atoms with Crippen molar-refractivity contribution >= 4 is 17.9 Å². The van der Waals surface area contributed by atoms with Crippen LogP contribution in [-0.4, -0.2) is 11.8 Å². The van der Waals surface area contributed by atoms with Crippen LogP contribution in [0.4, 0.5) is 0 Å². The molecule has 21 heavy (non-hydrogen) atoms. The van der Waals surface area contributed by atoms with Gasteiger partial charge in [-0.15, -0.1) is 0 Å². The van der Waals surface area contributed by atoms with Crippen molar-refractivity contribution in [3.63, 3.8) is 0 Å². The molecule has 2 aromatic rings. The maximum Gasteiger partial charge on any atom is 0.273 e. The molecule has 2 rings (SSSR count). The summed E-state index contributed by atoms with van der Waals surface area (Å²) in [5, 5.41) is 0. The van der Waals surface area contributed by atoms with Crippen LogP contribution in [0, 0.1) is 20.8 Å². The second-order valence-electron chi connectivity index (χ2n) is 4.55. The SMILES string of the molecule is Cc1ccc(/C=C/C(=O)NNC(=O)c2cc(C)oc2C)o1. The smallest absolute Gasteiger partial charge is 0.273 e. The van der Waals surface area contributed by atoms with Crippen LogP contribution in [0.1, 0.15) is 33.4 Å². The van der Waals surface area contributed by atoms with E-state index in [0.29, 0.717) is 22.8 Å². The van der Waals surface area contributed by atoms with Crippen molar-refractivity contribution in [2.45, 2.75) is 20.8 Å². The Balaban J connectivity index is 1.88. The van der Waals surface area contributed by atoms with Crippen LogP contribution in [-0.2, 0) is 4.79 Å². The summed E-state index contributed by atoms with van der Waals surface area (Å²) in [7, 11) is 0. The molecule has 0 spiro atoms. The molecule has 0 aromatic carbocycles. The first-order valence-electron chi connectivity index (χ1n) is 6.37. The van der Waals surface area contributed by atoms with Gasteiger partial charge in [0.25, 0.3) is 11.8 Å². The number of rotatable bonds is 3. The minimum atomic E-state index is -0.463. The topological polar surface area (TPSA) is 84.5 Å². The first-order chi connectivity index (χ1) is 9.95. The summed E-state index contributed by atoms with van der Waals surface area (Å²) >= 11 is 0. The lowest BCUT2D eigenvalue weighted by Crippen LogP contribution is -2.40. The maximum absolute atomic E-state index is 11.8. The first-order valence-corrected chi connectivity index (χ1v) is 6.37. The average Bonchev–Trinajstić information content (AvgIpc) is 2.99. The molecular weight excluding hydrogens is 272 g/mol. The summed E-state index contributed by atoms with van der Waals surface area (Å²) in [4.78, 5) is 23.4. The minimum Gasteiger partial charge on any atom is -0.466 e. The lowest BCUT2D eigenvalue weighted by molar-refractivity contribution is -0.117. The molecule has 0 aliphatic rings. The molecule has 0 aliphatic heterocycles. The van der Waals surface area contributed by atoms with Crippen LogP contribution in [0.5, 0.6) is 0 Å². The Morgan fingerprint density at radius 1 is 1.05 bits per heavy atom. The van der Waals surface area contributed by atoms with Crippen LogP contribution >= 0.6 is 0 Å². The van der Waals surface area contributed by atoms with Gasteiger partial charge < -0.3 is 8.83 Å². The van der Waals surface area contributed by atoms with Crippen molar-refractivity contribution in [2.75, 3.05) is 0 Å². The maximum atomic E-state index is 11.8. The fraction of sp³-hybridized carbons (Fsp3) is 0.200. The summed E-state index contributed by atoms with van der Waals surface area (Å²) in [6, 6.07) is 5.15. The predicted octanol–water partition coefficient (Wildman–Crippen LogP) is 2.27. The van der Waals surface area contributed by atoms with E-state index in [1.165, 1.54) is 12.2 Å². The highest BCUT2D eigenvalue weighted by molar-refractivity contribution is 5.98. The van der Waals surface area contributed by atoms with E-state index in [2.05, 4.69) is 10.9 Å². The predicted molar refractivity (Wildman–Crippen MR) is 76.3 cm³/mol. The molecule has 2 amide bonds. The molecule has 6 heteroatoms. The third-order valence-electron chi connectivity index (χ3n) is 2.74. The summed E-state index contributed by atoms with van der Waals surface area (Å²) in [6.45, 7) is 5.24. The molecule has 2 N–H and O–H groups in total. The highest BCUT2D eigenvalue weighted by atomic mass is 16.3. The van der Waals surface area contributed by atoms with Gasteiger partial charge in [0, 0.05) is 6.08 Å². The van der Waals surface area contributed by atoms with Crippen molar-refractivity contribution in [1.82, 2.24) is 10.9 Å². The summed E-state index contributed by atoms with van der Waals surface area (Å²) in [5.74, 6) is 1.57. The van der Waals surface area contributed by atoms with E-state index < -0.39 is 11.8 Å². The van der Waals surface area contributed by atoms with E-state index in [1.54, 1.807) is 32.0 Å². The van der Waals surface area contributed by atoms with Crippen molar-refractivity contribution in [3.05, 3.63) is 52.9 Å². The molecule has 0 aliphatic carbocycles. The number of hydrazine groups is 1. The fourth-order valence-corrected chi connectivity index (χ4v) is 1.78. The van der Waals surface area contributed by atoms with Gasteiger partial charge in [-0.1, -0.05) is 0 Å². The van der Waals surface area contributed by atoms with E-state index in [1.807, 2.05) is 6.92 Å². The largest absolute Gasteiger partial charge is 0.466 e. The molecule has 0 atom stereocenters. The number of hydrogen-bond acceptors (Lipinski definition) is 4. The van der Waals surface area contributed by atoms with Crippen molar-refractivity contribution in [2.24, 2.45) is 0 Å². The fourth-order valence-electron chi connectivity index (χ4n) is 1.78. The third kappa shape index (κ3) is 3.85. The van der Waals surface area contributed by atoms with E-state index in [4.69, 9.17) is 8.83 Å². The quantitative estimate of drug-likeness (QED) is 0.670. The van der Waals surface area contributed by atoms with E-state index in [-0.39, 0.29) is 0 Å². The van der Waals surface area contributed by atoms with Gasteiger partial charge in [-0.3, -0.25) is 20.4 Å². The van der Waals surface area contributed by atoms with Gasteiger partial charge in [0.15, 0.2) is 0 Å². The molecule has 0 radical (unpaired) electrons. The number of carbonyl (C=O) groups excluding carboxylic acids is 2. The lowest BCUT2D eigenvalue weighted by Gasteiger charge is -2.03. The Morgan fingerprint density at radius 3 is 2.38 bits per heavy atom. The zero-order valence-corrected chi connectivity index (χ0v) is 12.0. The highest BCUT2D eigenvalue weighted by Gasteiger charge is 2.13. The van der Waals surface area contributed by atoms with Gasteiger partial charge in [0.2, 0.25) is 0 Å². The monoisotopic (exact) mass is 288 g/mol. The summed E-state index contributed by atoms with van der Waals surface area (Å²) in [5.41, 5.74) is 4.99. The first kappa shape index (κ1) is 14.6. The van der Waals surface area contributed by atoms with Crippen LogP contribution in [0.2, 0.25) is 0 Å². The van der Waals surface area contributed by atoms with Gasteiger partial charge >= 0.3 is 0 Å². The van der Waals surface area contributed by atoms with Crippen molar-refractivity contribution in [3.8, 4) is 0 Å². The summed E-state index contributed by atoms with van der Waals surface area (Å²) in [6.07, 6.45) is 2.79. The highest BCUT2D eigenvalue weighted by Crippen LogP contribution is 2.12. The lowest BCUT2D eigenvalue weighted by atomic mass is 10.2. The standard InChI is InChI=1S/C15H16N2O4/c1-9-4-5-12(21-9)6-7-14(18)16-17-15(19)13-8-10(2)20-11(13)3/h4-8H,1-3H3,(H,16,18)(H,17,19)/b7-6+. The second-order valence-corrected chi connectivity index (χ2v) is 4.55. The number of carbonyl (C=O) groups is 2. The normalized spacial score (nSPS) is 10.8. The molecular formula is C15H16N2O4. The summed E-state index contributed by atoms with van der Waals surface area (Å²) < 4.78 is 10.5. The minimum absolute atomic E-state index is 0.387. The molecule has 2 heterocycles. The molecule has 0 fully saturated rings. The molecule has 0 bridgehead atoms. The van der Waals surface area contributed by atoms with Crippen LogP contribution in [0.3, 0.4) is 0 Å². The van der Waals surface area contributed by atoms with E-state index >= 15 is 0 Å². The zero-order chi connectivity index (χ0) is 15.4. The zero-order valence-electron chi connectivity index (χ0n) is 12.0. The van der Waals surface area contributed by atoms with Crippen molar-refractivity contribution < 1.29 is 18.4 Å². The van der Waals surface area contributed by atoms with Gasteiger partial charge in [-0.2, -0.15) is 0 Å². The number of aryl methyl sites for hydroxylation is 3. The Hall–Kier alpha value is -2.76. The Bertz CT molecular complexity index is 694. The van der Waals surface area contributed by atoms with Crippen LogP contribution in [0.25, 0.3) is 6.08 Å². The molecule has 2 aromatic heterocycles. The van der Waals surface area contributed by atoms with Gasteiger partial charge in [-0.25, -0.2) is 0 Å². The average molecular weight is 288 g/mol. The van der Waals surface area contributed by atoms with Crippen LogP contribution in [0.15, 0.2) is 33.1 Å². The molecule has 0 saturated heterocycles. The molecule has 6 nitrogen and oxygen atoms in total. The van der Waals surface area contributed by atoms with Crippen LogP contribution < -0.4 is 10.9 Å². The number of amides is 2. The Labute approximate surface area is 121 Å². The third-order valence-corrected chi connectivity index (χ3v) is 2.74. The number of furan rings is 2. The van der Waals surface area contributed by atoms with Gasteiger partial charge in [0.1, 0.15) is 23.0 Å². The number of hydrogen-bond donors (Lipinski definition) is 2. The Kier molecular flexibility index (Phi) is 4.27. The van der Waals surface area contributed by atoms with Gasteiger partial charge in [-0.05, 0) is 45.0 Å². The van der Waals surface area contributed by atoms with E-state index in [0.717, 1.165) is 5.76 Å². The Morgan fingerprint density at radius 2 is 1.81 bits per heavy atom. The molecule has 0 unspecified atom stereocenters. The molecule has 110 valence electrons. The van der Waals surface area contributed by atoms with E-state index in [9.17, 15) is 9.59 Å². The second kappa shape index (κ2) is 6.13. The van der Waals surface area contributed by atoms with Gasteiger partial charge in [0.05, 0.1) is 5.56 Å². The molecule has 0 saturated carbocycles.